The number of hydrogen-bond acceptors (Lipinski definition) is 5. The Bertz CT molecular complexity index is 919. The Hall–Kier alpha value is -2.74. The number of hydrogen-bond donors (Lipinski definition) is 1. The standard InChI is InChI=1S/C20H21BrN2O5/c1-11(24)23-6-5-12-7-14(21)10-15(18(12)23)22-20(25)13-8-16(26-2)19(28-4)17(9-13)27-3/h7-10H,5-6H2,1-4H3,(H,22,25). The molecule has 0 unspecified atom stereocenters. The molecule has 0 fully saturated rings. The number of fused-ring (bicyclic) bond motifs is 1. The lowest BCUT2D eigenvalue weighted by molar-refractivity contribution is -0.116. The number of carbonyl (C=O) groups is 2. The van der Waals surface area contributed by atoms with Gasteiger partial charge >= 0.3 is 0 Å². The SMILES string of the molecule is COc1cc(C(=O)Nc2cc(Br)cc3c2N(C(C)=O)CC3)cc(OC)c1OC. The number of amides is 2. The molecule has 0 spiro atoms. The molecule has 1 heterocycles. The van der Waals surface area contributed by atoms with Crippen LogP contribution in [-0.4, -0.2) is 39.7 Å². The van der Waals surface area contributed by atoms with E-state index in [-0.39, 0.29) is 11.8 Å². The molecule has 0 bridgehead atoms. The van der Waals surface area contributed by atoms with Crippen LogP contribution >= 0.6 is 15.9 Å². The van der Waals surface area contributed by atoms with E-state index < -0.39 is 0 Å². The molecule has 8 heteroatoms. The molecule has 0 aliphatic carbocycles. The third kappa shape index (κ3) is 3.64. The first-order valence-electron chi connectivity index (χ1n) is 8.61. The van der Waals surface area contributed by atoms with E-state index in [1.807, 2.05) is 6.07 Å². The maximum atomic E-state index is 13.0. The maximum Gasteiger partial charge on any atom is 0.255 e. The number of ether oxygens (including phenoxy) is 3. The summed E-state index contributed by atoms with van der Waals surface area (Å²) in [5.74, 6) is 0.764. The smallest absolute Gasteiger partial charge is 0.255 e. The van der Waals surface area contributed by atoms with E-state index >= 15 is 0 Å². The van der Waals surface area contributed by atoms with E-state index in [9.17, 15) is 9.59 Å². The molecule has 0 aromatic heterocycles. The van der Waals surface area contributed by atoms with Gasteiger partial charge in [-0.1, -0.05) is 15.9 Å². The van der Waals surface area contributed by atoms with Crippen LogP contribution < -0.4 is 24.4 Å². The Labute approximate surface area is 171 Å². The van der Waals surface area contributed by atoms with Crippen LogP contribution in [0.5, 0.6) is 17.2 Å². The minimum Gasteiger partial charge on any atom is -0.493 e. The summed E-state index contributed by atoms with van der Waals surface area (Å²) in [6.45, 7) is 2.11. The van der Waals surface area contributed by atoms with Crippen LogP contribution in [0.15, 0.2) is 28.7 Å². The van der Waals surface area contributed by atoms with Gasteiger partial charge in [-0.2, -0.15) is 0 Å². The van der Waals surface area contributed by atoms with Gasteiger partial charge in [-0.05, 0) is 36.2 Å². The summed E-state index contributed by atoms with van der Waals surface area (Å²) < 4.78 is 16.8. The average molecular weight is 449 g/mol. The largest absolute Gasteiger partial charge is 0.493 e. The van der Waals surface area contributed by atoms with Crippen molar-refractivity contribution in [1.29, 1.82) is 0 Å². The second-order valence-corrected chi connectivity index (χ2v) is 7.17. The molecule has 1 aliphatic rings. The summed E-state index contributed by atoms with van der Waals surface area (Å²) in [4.78, 5) is 26.6. The van der Waals surface area contributed by atoms with Crippen molar-refractivity contribution in [2.75, 3.05) is 38.1 Å². The Kier molecular flexibility index (Phi) is 5.79. The van der Waals surface area contributed by atoms with Crippen molar-refractivity contribution >= 4 is 39.1 Å². The molecule has 0 saturated heterocycles. The van der Waals surface area contributed by atoms with Gasteiger partial charge < -0.3 is 24.4 Å². The highest BCUT2D eigenvalue weighted by molar-refractivity contribution is 9.10. The minimum atomic E-state index is -0.352. The van der Waals surface area contributed by atoms with Gasteiger partial charge in [0, 0.05) is 23.5 Å². The van der Waals surface area contributed by atoms with Gasteiger partial charge in [0.25, 0.3) is 5.91 Å². The second kappa shape index (κ2) is 8.10. The first-order valence-corrected chi connectivity index (χ1v) is 9.40. The van der Waals surface area contributed by atoms with Crippen LogP contribution in [0.4, 0.5) is 11.4 Å². The molecule has 0 saturated carbocycles. The zero-order valence-corrected chi connectivity index (χ0v) is 17.7. The summed E-state index contributed by atoms with van der Waals surface area (Å²) in [5.41, 5.74) is 2.65. The first-order chi connectivity index (χ1) is 13.4. The van der Waals surface area contributed by atoms with Crippen molar-refractivity contribution in [2.45, 2.75) is 13.3 Å². The number of methoxy groups -OCH3 is 3. The van der Waals surface area contributed by atoms with Gasteiger partial charge in [-0.25, -0.2) is 0 Å². The number of rotatable bonds is 5. The van der Waals surface area contributed by atoms with Crippen LogP contribution in [-0.2, 0) is 11.2 Å². The van der Waals surface area contributed by atoms with Gasteiger partial charge in [-0.3, -0.25) is 9.59 Å². The molecule has 0 radical (unpaired) electrons. The fourth-order valence-corrected chi connectivity index (χ4v) is 3.83. The Morgan fingerprint density at radius 2 is 1.68 bits per heavy atom. The second-order valence-electron chi connectivity index (χ2n) is 6.25. The highest BCUT2D eigenvalue weighted by Gasteiger charge is 2.27. The topological polar surface area (TPSA) is 77.1 Å². The van der Waals surface area contributed by atoms with Gasteiger partial charge in [-0.15, -0.1) is 0 Å². The lowest BCUT2D eigenvalue weighted by Crippen LogP contribution is -2.27. The molecule has 2 aromatic rings. The number of halogens is 1. The maximum absolute atomic E-state index is 13.0. The first kappa shape index (κ1) is 20.0. The number of carbonyl (C=O) groups excluding carboxylic acids is 2. The van der Waals surface area contributed by atoms with Gasteiger partial charge in [0.2, 0.25) is 11.7 Å². The van der Waals surface area contributed by atoms with Crippen LogP contribution in [0.1, 0.15) is 22.8 Å². The Balaban J connectivity index is 2.00. The van der Waals surface area contributed by atoms with E-state index in [1.54, 1.807) is 23.1 Å². The fourth-order valence-electron chi connectivity index (χ4n) is 3.33. The fraction of sp³-hybridized carbons (Fsp3) is 0.300. The zero-order chi connectivity index (χ0) is 20.4. The average Bonchev–Trinajstić information content (AvgIpc) is 3.10. The summed E-state index contributed by atoms with van der Waals surface area (Å²) in [5, 5.41) is 2.91. The third-order valence-electron chi connectivity index (χ3n) is 4.58. The van der Waals surface area contributed by atoms with E-state index in [4.69, 9.17) is 14.2 Å². The summed E-state index contributed by atoms with van der Waals surface area (Å²) >= 11 is 3.47. The predicted octanol–water partition coefficient (Wildman–Crippen LogP) is 3.64. The van der Waals surface area contributed by atoms with Gasteiger partial charge in [0.15, 0.2) is 11.5 Å². The third-order valence-corrected chi connectivity index (χ3v) is 5.04. The minimum absolute atomic E-state index is 0.0654. The summed E-state index contributed by atoms with van der Waals surface area (Å²) in [6, 6.07) is 6.92. The number of nitrogens with zero attached hydrogens (tertiary/aromatic N) is 1. The van der Waals surface area contributed by atoms with Crippen molar-refractivity contribution in [1.82, 2.24) is 0 Å². The summed E-state index contributed by atoms with van der Waals surface area (Å²) in [6.07, 6.45) is 0.738. The van der Waals surface area contributed by atoms with Crippen molar-refractivity contribution in [3.8, 4) is 17.2 Å². The quantitative estimate of drug-likeness (QED) is 0.755. The highest BCUT2D eigenvalue weighted by atomic mass is 79.9. The molecule has 1 aliphatic heterocycles. The molecule has 28 heavy (non-hydrogen) atoms. The van der Waals surface area contributed by atoms with E-state index in [0.29, 0.717) is 35.0 Å². The molecule has 1 N–H and O–H groups in total. The van der Waals surface area contributed by atoms with E-state index in [0.717, 1.165) is 22.1 Å². The normalized spacial score (nSPS) is 12.4. The monoisotopic (exact) mass is 448 g/mol. The molecular formula is C20H21BrN2O5. The van der Waals surface area contributed by atoms with Crippen LogP contribution in [0.2, 0.25) is 0 Å². The zero-order valence-electron chi connectivity index (χ0n) is 16.1. The van der Waals surface area contributed by atoms with Crippen LogP contribution in [0.3, 0.4) is 0 Å². The number of anilines is 2. The summed E-state index contributed by atoms with van der Waals surface area (Å²) in [7, 11) is 4.48. The predicted molar refractivity (Wildman–Crippen MR) is 110 cm³/mol. The van der Waals surface area contributed by atoms with Crippen molar-refractivity contribution in [2.24, 2.45) is 0 Å². The molecule has 3 rings (SSSR count). The molecule has 148 valence electrons. The lowest BCUT2D eigenvalue weighted by Gasteiger charge is -2.20. The molecule has 0 atom stereocenters. The molecule has 7 nitrogen and oxygen atoms in total. The highest BCUT2D eigenvalue weighted by Crippen LogP contribution is 2.40. The van der Waals surface area contributed by atoms with Crippen LogP contribution in [0, 0.1) is 0 Å². The Morgan fingerprint density at radius 1 is 1.04 bits per heavy atom. The number of nitrogens with one attached hydrogen (secondary N) is 1. The van der Waals surface area contributed by atoms with E-state index in [1.165, 1.54) is 28.3 Å². The van der Waals surface area contributed by atoms with Crippen molar-refractivity contribution in [3.05, 3.63) is 39.9 Å². The van der Waals surface area contributed by atoms with Gasteiger partial charge in [0.05, 0.1) is 32.7 Å². The van der Waals surface area contributed by atoms with Crippen LogP contribution in [0.25, 0.3) is 0 Å². The Morgan fingerprint density at radius 3 is 2.21 bits per heavy atom. The van der Waals surface area contributed by atoms with Crippen molar-refractivity contribution < 1.29 is 23.8 Å². The lowest BCUT2D eigenvalue weighted by atomic mass is 10.1. The van der Waals surface area contributed by atoms with Gasteiger partial charge in [0.1, 0.15) is 0 Å². The molecular weight excluding hydrogens is 428 g/mol. The molecule has 2 amide bonds. The van der Waals surface area contributed by atoms with E-state index in [2.05, 4.69) is 21.2 Å². The molecule has 2 aromatic carbocycles. The van der Waals surface area contributed by atoms with Crippen molar-refractivity contribution in [3.63, 3.8) is 0 Å². The number of benzene rings is 2.